The standard InChI is InChI=1S/C13H15F2NO2/c1-16(2)11(13(5-6-13)12(17)18)9-4-3-8(14)7-10(9)15/h3-4,7,11H,5-6H2,1-2H3,(H,17,18). The van der Waals surface area contributed by atoms with E-state index in [1.54, 1.807) is 19.0 Å². The van der Waals surface area contributed by atoms with Crippen molar-refractivity contribution in [2.24, 2.45) is 5.41 Å². The van der Waals surface area contributed by atoms with Gasteiger partial charge in [-0.25, -0.2) is 8.78 Å². The summed E-state index contributed by atoms with van der Waals surface area (Å²) in [5.41, 5.74) is -0.705. The van der Waals surface area contributed by atoms with Gasteiger partial charge in [0, 0.05) is 11.6 Å². The van der Waals surface area contributed by atoms with E-state index in [-0.39, 0.29) is 5.56 Å². The fraction of sp³-hybridized carbons (Fsp3) is 0.462. The number of rotatable bonds is 4. The lowest BCUT2D eigenvalue weighted by atomic mass is 9.89. The van der Waals surface area contributed by atoms with Crippen molar-refractivity contribution in [1.29, 1.82) is 0 Å². The second kappa shape index (κ2) is 4.31. The molecule has 1 N–H and O–H groups in total. The Morgan fingerprint density at radius 2 is 2.00 bits per heavy atom. The van der Waals surface area contributed by atoms with Crippen LogP contribution in [0.25, 0.3) is 0 Å². The molecule has 0 aliphatic heterocycles. The van der Waals surface area contributed by atoms with Gasteiger partial charge in [-0.2, -0.15) is 0 Å². The zero-order valence-electron chi connectivity index (χ0n) is 10.3. The fourth-order valence-electron chi connectivity index (χ4n) is 2.53. The second-order valence-electron chi connectivity index (χ2n) is 4.99. The van der Waals surface area contributed by atoms with Crippen LogP contribution >= 0.6 is 0 Å². The molecule has 0 radical (unpaired) electrons. The van der Waals surface area contributed by atoms with E-state index in [1.807, 2.05) is 0 Å². The van der Waals surface area contributed by atoms with Crippen molar-refractivity contribution >= 4 is 5.97 Å². The minimum Gasteiger partial charge on any atom is -0.481 e. The van der Waals surface area contributed by atoms with Crippen LogP contribution in [0.4, 0.5) is 8.78 Å². The molecule has 0 bridgehead atoms. The maximum atomic E-state index is 13.8. The first-order valence-corrected chi connectivity index (χ1v) is 5.73. The molecule has 0 saturated heterocycles. The lowest BCUT2D eigenvalue weighted by Gasteiger charge is -2.30. The molecular formula is C13H15F2NO2. The van der Waals surface area contributed by atoms with Crippen LogP contribution in [0, 0.1) is 17.0 Å². The Bertz CT molecular complexity index is 484. The first-order valence-electron chi connectivity index (χ1n) is 5.73. The zero-order valence-corrected chi connectivity index (χ0v) is 10.3. The van der Waals surface area contributed by atoms with E-state index in [4.69, 9.17) is 0 Å². The van der Waals surface area contributed by atoms with E-state index in [1.165, 1.54) is 6.07 Å². The molecule has 2 rings (SSSR count). The van der Waals surface area contributed by atoms with Gasteiger partial charge in [0.25, 0.3) is 0 Å². The molecule has 1 atom stereocenters. The summed E-state index contributed by atoms with van der Waals surface area (Å²) < 4.78 is 26.7. The Balaban J connectivity index is 2.46. The highest BCUT2D eigenvalue weighted by Gasteiger charge is 2.57. The fourth-order valence-corrected chi connectivity index (χ4v) is 2.53. The van der Waals surface area contributed by atoms with E-state index in [9.17, 15) is 18.7 Å². The normalized spacial score (nSPS) is 18.7. The van der Waals surface area contributed by atoms with E-state index in [0.717, 1.165) is 12.1 Å². The topological polar surface area (TPSA) is 40.5 Å². The highest BCUT2D eigenvalue weighted by Crippen LogP contribution is 2.57. The largest absolute Gasteiger partial charge is 0.481 e. The Hall–Kier alpha value is -1.49. The maximum Gasteiger partial charge on any atom is 0.311 e. The van der Waals surface area contributed by atoms with Crippen LogP contribution in [0.1, 0.15) is 24.4 Å². The lowest BCUT2D eigenvalue weighted by molar-refractivity contribution is -0.146. The minimum atomic E-state index is -0.942. The molecule has 98 valence electrons. The number of carbonyl (C=O) groups is 1. The quantitative estimate of drug-likeness (QED) is 0.898. The summed E-state index contributed by atoms with van der Waals surface area (Å²) in [6.07, 6.45) is 1.03. The molecule has 1 aromatic carbocycles. The Morgan fingerprint density at radius 3 is 2.39 bits per heavy atom. The number of carboxylic acids is 1. The van der Waals surface area contributed by atoms with Crippen LogP contribution in [0.5, 0.6) is 0 Å². The summed E-state index contributed by atoms with van der Waals surface area (Å²) in [4.78, 5) is 13.0. The second-order valence-corrected chi connectivity index (χ2v) is 4.99. The van der Waals surface area contributed by atoms with Crippen LogP contribution < -0.4 is 0 Å². The van der Waals surface area contributed by atoms with Crippen molar-refractivity contribution in [2.45, 2.75) is 18.9 Å². The van der Waals surface area contributed by atoms with E-state index < -0.39 is 29.1 Å². The van der Waals surface area contributed by atoms with E-state index in [2.05, 4.69) is 0 Å². The third-order valence-electron chi connectivity index (χ3n) is 3.51. The molecule has 1 saturated carbocycles. The van der Waals surface area contributed by atoms with Crippen molar-refractivity contribution in [2.75, 3.05) is 14.1 Å². The number of hydrogen-bond donors (Lipinski definition) is 1. The summed E-state index contributed by atoms with van der Waals surface area (Å²) in [6, 6.07) is 2.71. The van der Waals surface area contributed by atoms with Gasteiger partial charge in [0.05, 0.1) is 11.5 Å². The molecule has 1 unspecified atom stereocenters. The van der Waals surface area contributed by atoms with Crippen LogP contribution in [0.3, 0.4) is 0 Å². The molecule has 1 aliphatic carbocycles. The zero-order chi connectivity index (χ0) is 13.5. The smallest absolute Gasteiger partial charge is 0.311 e. The third-order valence-corrected chi connectivity index (χ3v) is 3.51. The van der Waals surface area contributed by atoms with E-state index >= 15 is 0 Å². The van der Waals surface area contributed by atoms with Crippen LogP contribution in [0.2, 0.25) is 0 Å². The molecule has 0 amide bonds. The molecule has 3 nitrogen and oxygen atoms in total. The van der Waals surface area contributed by atoms with Gasteiger partial charge in [0.1, 0.15) is 11.6 Å². The molecule has 1 aliphatic rings. The van der Waals surface area contributed by atoms with Crippen molar-refractivity contribution in [3.8, 4) is 0 Å². The van der Waals surface area contributed by atoms with Crippen LogP contribution in [0.15, 0.2) is 18.2 Å². The average molecular weight is 255 g/mol. The summed E-state index contributed by atoms with van der Waals surface area (Å²) in [5.74, 6) is -2.28. The Labute approximate surface area is 104 Å². The molecule has 18 heavy (non-hydrogen) atoms. The van der Waals surface area contributed by atoms with Crippen LogP contribution in [-0.4, -0.2) is 30.1 Å². The Kier molecular flexibility index (Phi) is 3.11. The SMILES string of the molecule is CN(C)C(c1ccc(F)cc1F)C1(C(=O)O)CC1. The first-order chi connectivity index (χ1) is 8.38. The van der Waals surface area contributed by atoms with Crippen LogP contribution in [-0.2, 0) is 4.79 Å². The van der Waals surface area contributed by atoms with Crippen molar-refractivity contribution in [1.82, 2.24) is 4.90 Å². The van der Waals surface area contributed by atoms with E-state index in [0.29, 0.717) is 12.8 Å². The highest BCUT2D eigenvalue weighted by molar-refractivity contribution is 5.79. The molecule has 0 heterocycles. The number of nitrogens with zero attached hydrogens (tertiary/aromatic N) is 1. The van der Waals surface area contributed by atoms with Crippen molar-refractivity contribution in [3.05, 3.63) is 35.4 Å². The summed E-state index contributed by atoms with van der Waals surface area (Å²) in [7, 11) is 3.41. The summed E-state index contributed by atoms with van der Waals surface area (Å²) in [5, 5.41) is 9.31. The molecule has 0 aromatic heterocycles. The minimum absolute atomic E-state index is 0.237. The van der Waals surface area contributed by atoms with Gasteiger partial charge in [-0.3, -0.25) is 4.79 Å². The van der Waals surface area contributed by atoms with Gasteiger partial charge in [-0.15, -0.1) is 0 Å². The van der Waals surface area contributed by atoms with Gasteiger partial charge >= 0.3 is 5.97 Å². The molecule has 5 heteroatoms. The van der Waals surface area contributed by atoms with Gasteiger partial charge < -0.3 is 10.0 Å². The molecule has 1 aromatic rings. The monoisotopic (exact) mass is 255 g/mol. The average Bonchev–Trinajstić information content (AvgIpc) is 3.02. The predicted octanol–water partition coefficient (Wildman–Crippen LogP) is 2.43. The summed E-state index contributed by atoms with van der Waals surface area (Å²) in [6.45, 7) is 0. The number of halogens is 2. The van der Waals surface area contributed by atoms with Crippen molar-refractivity contribution in [3.63, 3.8) is 0 Å². The maximum absolute atomic E-state index is 13.8. The summed E-state index contributed by atoms with van der Waals surface area (Å²) >= 11 is 0. The number of hydrogen-bond acceptors (Lipinski definition) is 2. The van der Waals surface area contributed by atoms with Gasteiger partial charge in [0.2, 0.25) is 0 Å². The number of aliphatic carboxylic acids is 1. The third kappa shape index (κ3) is 1.99. The van der Waals surface area contributed by atoms with Gasteiger partial charge in [-0.05, 0) is 33.0 Å². The molecular weight excluding hydrogens is 240 g/mol. The molecule has 0 spiro atoms. The predicted molar refractivity (Wildman–Crippen MR) is 62.1 cm³/mol. The van der Waals surface area contributed by atoms with Gasteiger partial charge in [0.15, 0.2) is 0 Å². The lowest BCUT2D eigenvalue weighted by Crippen LogP contribution is -2.34. The van der Waals surface area contributed by atoms with Gasteiger partial charge in [-0.1, -0.05) is 6.07 Å². The van der Waals surface area contributed by atoms with Crippen molar-refractivity contribution < 1.29 is 18.7 Å². The first kappa shape index (κ1) is 13.0. The number of benzene rings is 1. The Morgan fingerprint density at radius 1 is 1.39 bits per heavy atom. The highest BCUT2D eigenvalue weighted by atomic mass is 19.1. The molecule has 1 fully saturated rings. The number of carboxylic acid groups (broad SMARTS) is 1.